The van der Waals surface area contributed by atoms with Crippen LogP contribution in [0.1, 0.15) is 5.56 Å². The summed E-state index contributed by atoms with van der Waals surface area (Å²) in [7, 11) is 0. The van der Waals surface area contributed by atoms with Gasteiger partial charge in [-0.05, 0) is 24.1 Å². The SMILES string of the molecule is Nc1ccc(CCNc2ncc([N+](=O)[O-])cc2Cl)cc1. The van der Waals surface area contributed by atoms with Crippen molar-refractivity contribution in [3.63, 3.8) is 0 Å². The van der Waals surface area contributed by atoms with E-state index in [1.165, 1.54) is 12.3 Å². The molecular formula is C13H13ClN4O2. The van der Waals surface area contributed by atoms with Gasteiger partial charge >= 0.3 is 0 Å². The molecule has 0 aliphatic carbocycles. The number of anilines is 2. The first-order valence-electron chi connectivity index (χ1n) is 5.94. The fourth-order valence-electron chi connectivity index (χ4n) is 1.67. The van der Waals surface area contributed by atoms with Crippen molar-refractivity contribution in [2.75, 3.05) is 17.6 Å². The van der Waals surface area contributed by atoms with Crippen molar-refractivity contribution in [1.82, 2.24) is 4.98 Å². The molecule has 104 valence electrons. The van der Waals surface area contributed by atoms with E-state index in [9.17, 15) is 10.1 Å². The predicted molar refractivity (Wildman–Crippen MR) is 78.9 cm³/mol. The van der Waals surface area contributed by atoms with Gasteiger partial charge in [0.2, 0.25) is 0 Å². The van der Waals surface area contributed by atoms with Gasteiger partial charge in [-0.2, -0.15) is 0 Å². The monoisotopic (exact) mass is 292 g/mol. The minimum absolute atomic E-state index is 0.126. The average Bonchev–Trinajstić information content (AvgIpc) is 2.42. The van der Waals surface area contributed by atoms with Crippen LogP contribution in [0, 0.1) is 10.1 Å². The molecule has 6 nitrogen and oxygen atoms in total. The molecule has 0 atom stereocenters. The van der Waals surface area contributed by atoms with Gasteiger partial charge in [0.1, 0.15) is 12.0 Å². The zero-order valence-corrected chi connectivity index (χ0v) is 11.3. The normalized spacial score (nSPS) is 10.2. The Bertz CT molecular complexity index is 616. The van der Waals surface area contributed by atoms with Gasteiger partial charge in [-0.15, -0.1) is 0 Å². The molecule has 2 rings (SSSR count). The summed E-state index contributed by atoms with van der Waals surface area (Å²) in [5.74, 6) is 0.438. The Hall–Kier alpha value is -2.34. The lowest BCUT2D eigenvalue weighted by atomic mass is 10.1. The molecule has 0 fully saturated rings. The molecule has 0 saturated heterocycles. The van der Waals surface area contributed by atoms with Crippen LogP contribution in [0.5, 0.6) is 0 Å². The number of nitro groups is 1. The number of nitrogens with two attached hydrogens (primary N) is 1. The average molecular weight is 293 g/mol. The van der Waals surface area contributed by atoms with E-state index in [0.29, 0.717) is 12.4 Å². The molecule has 0 spiro atoms. The summed E-state index contributed by atoms with van der Waals surface area (Å²) < 4.78 is 0. The van der Waals surface area contributed by atoms with Crippen LogP contribution in [0.2, 0.25) is 5.02 Å². The Morgan fingerprint density at radius 3 is 2.65 bits per heavy atom. The smallest absolute Gasteiger partial charge is 0.289 e. The fraction of sp³-hybridized carbons (Fsp3) is 0.154. The molecule has 0 aliphatic rings. The number of nitrogens with zero attached hydrogens (tertiary/aromatic N) is 2. The largest absolute Gasteiger partial charge is 0.399 e. The number of benzene rings is 1. The minimum Gasteiger partial charge on any atom is -0.399 e. The summed E-state index contributed by atoms with van der Waals surface area (Å²) in [6.45, 7) is 0.619. The van der Waals surface area contributed by atoms with E-state index in [0.717, 1.165) is 17.7 Å². The van der Waals surface area contributed by atoms with E-state index in [1.807, 2.05) is 24.3 Å². The Morgan fingerprint density at radius 2 is 2.05 bits per heavy atom. The minimum atomic E-state index is -0.531. The molecule has 1 aromatic carbocycles. The van der Waals surface area contributed by atoms with E-state index in [1.54, 1.807) is 0 Å². The molecule has 3 N–H and O–H groups in total. The molecule has 0 aliphatic heterocycles. The number of halogens is 1. The van der Waals surface area contributed by atoms with Gasteiger partial charge in [-0.25, -0.2) is 4.98 Å². The highest BCUT2D eigenvalue weighted by Gasteiger charge is 2.10. The summed E-state index contributed by atoms with van der Waals surface area (Å²) in [6, 6.07) is 8.85. The number of nitrogen functional groups attached to an aromatic ring is 1. The maximum absolute atomic E-state index is 10.6. The van der Waals surface area contributed by atoms with Crippen LogP contribution < -0.4 is 11.1 Å². The molecule has 1 heterocycles. The van der Waals surface area contributed by atoms with Crippen LogP contribution in [0.4, 0.5) is 17.2 Å². The fourth-order valence-corrected chi connectivity index (χ4v) is 1.89. The van der Waals surface area contributed by atoms with Gasteiger partial charge in [-0.1, -0.05) is 23.7 Å². The van der Waals surface area contributed by atoms with Crippen LogP contribution in [0.3, 0.4) is 0 Å². The number of pyridine rings is 1. The van der Waals surface area contributed by atoms with Gasteiger partial charge in [0.05, 0.1) is 9.95 Å². The lowest BCUT2D eigenvalue weighted by Gasteiger charge is -2.07. The third-order valence-electron chi connectivity index (χ3n) is 2.72. The Kier molecular flexibility index (Phi) is 4.37. The van der Waals surface area contributed by atoms with Gasteiger partial charge in [0.25, 0.3) is 5.69 Å². The third-order valence-corrected chi connectivity index (χ3v) is 3.01. The summed E-state index contributed by atoms with van der Waals surface area (Å²) in [4.78, 5) is 14.0. The van der Waals surface area contributed by atoms with Crippen LogP contribution in [-0.4, -0.2) is 16.5 Å². The molecule has 0 bridgehead atoms. The highest BCUT2D eigenvalue weighted by atomic mass is 35.5. The van der Waals surface area contributed by atoms with Crippen molar-refractivity contribution in [3.05, 3.63) is 57.2 Å². The lowest BCUT2D eigenvalue weighted by Crippen LogP contribution is -2.07. The van der Waals surface area contributed by atoms with E-state index >= 15 is 0 Å². The zero-order chi connectivity index (χ0) is 14.5. The first-order valence-corrected chi connectivity index (χ1v) is 6.32. The van der Waals surface area contributed by atoms with Gasteiger partial charge in [0, 0.05) is 18.3 Å². The van der Waals surface area contributed by atoms with E-state index in [2.05, 4.69) is 10.3 Å². The molecule has 0 saturated carbocycles. The predicted octanol–water partition coefficient (Wildman–Crippen LogP) is 2.88. The summed E-state index contributed by atoms with van der Waals surface area (Å²) >= 11 is 5.93. The van der Waals surface area contributed by atoms with Crippen molar-refractivity contribution < 1.29 is 4.92 Å². The number of rotatable bonds is 5. The Balaban J connectivity index is 1.94. The van der Waals surface area contributed by atoms with E-state index < -0.39 is 4.92 Å². The summed E-state index contributed by atoms with van der Waals surface area (Å²) in [5.41, 5.74) is 7.33. The number of nitrogens with one attached hydrogen (secondary N) is 1. The standard InChI is InChI=1S/C13H13ClN4O2/c14-12-7-11(18(19)20)8-17-13(12)16-6-5-9-1-3-10(15)4-2-9/h1-4,7-8H,5-6,15H2,(H,16,17). The van der Waals surface area contributed by atoms with Crippen molar-refractivity contribution in [2.45, 2.75) is 6.42 Å². The highest BCUT2D eigenvalue weighted by Crippen LogP contribution is 2.23. The Morgan fingerprint density at radius 1 is 1.35 bits per heavy atom. The zero-order valence-electron chi connectivity index (χ0n) is 10.5. The second kappa shape index (κ2) is 6.21. The first-order chi connectivity index (χ1) is 9.56. The van der Waals surface area contributed by atoms with Crippen LogP contribution in [0.15, 0.2) is 36.5 Å². The molecule has 7 heteroatoms. The number of hydrogen-bond acceptors (Lipinski definition) is 5. The van der Waals surface area contributed by atoms with Crippen molar-refractivity contribution in [3.8, 4) is 0 Å². The van der Waals surface area contributed by atoms with Crippen molar-refractivity contribution in [2.24, 2.45) is 0 Å². The molecule has 2 aromatic rings. The number of hydrogen-bond donors (Lipinski definition) is 2. The van der Waals surface area contributed by atoms with Crippen LogP contribution in [0.25, 0.3) is 0 Å². The molecule has 0 amide bonds. The molecule has 20 heavy (non-hydrogen) atoms. The topological polar surface area (TPSA) is 94.1 Å². The number of aromatic nitrogens is 1. The molecule has 0 radical (unpaired) electrons. The second-order valence-corrected chi connectivity index (χ2v) is 4.61. The third kappa shape index (κ3) is 3.58. The van der Waals surface area contributed by atoms with Gasteiger partial charge in [-0.3, -0.25) is 10.1 Å². The molecular weight excluding hydrogens is 280 g/mol. The molecule has 1 aromatic heterocycles. The maximum atomic E-state index is 10.6. The summed E-state index contributed by atoms with van der Waals surface area (Å²) in [6.07, 6.45) is 1.95. The van der Waals surface area contributed by atoms with Gasteiger partial charge < -0.3 is 11.1 Å². The molecule has 0 unspecified atom stereocenters. The van der Waals surface area contributed by atoms with Crippen molar-refractivity contribution in [1.29, 1.82) is 0 Å². The van der Waals surface area contributed by atoms with Gasteiger partial charge in [0.15, 0.2) is 0 Å². The Labute approximate surface area is 120 Å². The van der Waals surface area contributed by atoms with E-state index in [-0.39, 0.29) is 10.7 Å². The highest BCUT2D eigenvalue weighted by molar-refractivity contribution is 6.33. The quantitative estimate of drug-likeness (QED) is 0.502. The summed E-state index contributed by atoms with van der Waals surface area (Å²) in [5, 5.41) is 13.8. The first kappa shape index (κ1) is 14.1. The van der Waals surface area contributed by atoms with E-state index in [4.69, 9.17) is 17.3 Å². The lowest BCUT2D eigenvalue weighted by molar-refractivity contribution is -0.385. The second-order valence-electron chi connectivity index (χ2n) is 4.20. The van der Waals surface area contributed by atoms with Crippen molar-refractivity contribution >= 4 is 28.8 Å². The van der Waals surface area contributed by atoms with Crippen LogP contribution in [-0.2, 0) is 6.42 Å². The maximum Gasteiger partial charge on any atom is 0.289 e. The van der Waals surface area contributed by atoms with Crippen LogP contribution >= 0.6 is 11.6 Å².